The van der Waals surface area contributed by atoms with E-state index in [1.165, 1.54) is 11.3 Å². The number of rotatable bonds is 5. The maximum absolute atomic E-state index is 6.13. The predicted octanol–water partition coefficient (Wildman–Crippen LogP) is 2.92. The molecule has 19 heavy (non-hydrogen) atoms. The van der Waals surface area contributed by atoms with Crippen molar-refractivity contribution in [2.75, 3.05) is 37.7 Å². The molecular weight excluding hydrogens is 260 g/mol. The van der Waals surface area contributed by atoms with Gasteiger partial charge < -0.3 is 15.0 Å². The van der Waals surface area contributed by atoms with E-state index in [1.54, 1.807) is 0 Å². The highest BCUT2D eigenvalue weighted by atomic mass is 35.5. The van der Waals surface area contributed by atoms with Gasteiger partial charge in [-0.2, -0.15) is 0 Å². The van der Waals surface area contributed by atoms with Crippen molar-refractivity contribution in [1.82, 2.24) is 5.32 Å². The molecule has 1 aromatic rings. The molecule has 0 radical (unpaired) electrons. The lowest BCUT2D eigenvalue weighted by Gasteiger charge is -2.31. The monoisotopic (exact) mass is 282 g/mol. The fourth-order valence-corrected chi connectivity index (χ4v) is 2.50. The van der Waals surface area contributed by atoms with E-state index in [1.807, 2.05) is 6.07 Å². The normalized spacial score (nSPS) is 16.1. The first-order valence-corrected chi connectivity index (χ1v) is 7.36. The summed E-state index contributed by atoms with van der Waals surface area (Å²) in [6.07, 6.45) is 0. The lowest BCUT2D eigenvalue weighted by molar-refractivity contribution is 0.122. The van der Waals surface area contributed by atoms with Crippen LogP contribution in [0.1, 0.15) is 19.4 Å². The largest absolute Gasteiger partial charge is 0.378 e. The molecule has 3 nitrogen and oxygen atoms in total. The second-order valence-corrected chi connectivity index (χ2v) is 5.83. The van der Waals surface area contributed by atoms with Crippen molar-refractivity contribution in [2.45, 2.75) is 20.4 Å². The molecule has 106 valence electrons. The Bertz CT molecular complexity index is 403. The van der Waals surface area contributed by atoms with Gasteiger partial charge in [-0.25, -0.2) is 0 Å². The van der Waals surface area contributed by atoms with Crippen molar-refractivity contribution in [3.8, 4) is 0 Å². The molecule has 0 saturated carbocycles. The van der Waals surface area contributed by atoms with Gasteiger partial charge in [0.15, 0.2) is 0 Å². The third-order valence-electron chi connectivity index (χ3n) is 3.26. The van der Waals surface area contributed by atoms with Gasteiger partial charge in [0.1, 0.15) is 0 Å². The van der Waals surface area contributed by atoms with Gasteiger partial charge >= 0.3 is 0 Å². The third-order valence-corrected chi connectivity index (χ3v) is 3.50. The van der Waals surface area contributed by atoms with Gasteiger partial charge in [-0.1, -0.05) is 25.4 Å². The molecule has 0 spiro atoms. The first kappa shape index (κ1) is 14.6. The number of morpholine rings is 1. The van der Waals surface area contributed by atoms with Gasteiger partial charge in [-0.05, 0) is 36.2 Å². The first-order chi connectivity index (χ1) is 9.16. The lowest BCUT2D eigenvalue weighted by Crippen LogP contribution is -2.37. The maximum atomic E-state index is 6.13. The summed E-state index contributed by atoms with van der Waals surface area (Å²) in [6, 6.07) is 6.16. The average Bonchev–Trinajstić information content (AvgIpc) is 2.39. The van der Waals surface area contributed by atoms with Crippen molar-refractivity contribution >= 4 is 17.3 Å². The summed E-state index contributed by atoms with van der Waals surface area (Å²) in [5.41, 5.74) is 2.55. The molecule has 2 rings (SSSR count). The van der Waals surface area contributed by atoms with Gasteiger partial charge in [0.2, 0.25) is 0 Å². The number of hydrogen-bond donors (Lipinski definition) is 1. The number of benzene rings is 1. The van der Waals surface area contributed by atoms with E-state index in [9.17, 15) is 0 Å². The molecule has 0 atom stereocenters. The summed E-state index contributed by atoms with van der Waals surface area (Å²) >= 11 is 6.13. The molecular formula is C15H23ClN2O. The molecule has 1 heterocycles. The number of nitrogens with one attached hydrogen (secondary N) is 1. The molecule has 0 bridgehead atoms. The Hall–Kier alpha value is -0.770. The van der Waals surface area contributed by atoms with E-state index >= 15 is 0 Å². The zero-order valence-corrected chi connectivity index (χ0v) is 12.5. The van der Waals surface area contributed by atoms with E-state index in [-0.39, 0.29) is 0 Å². The van der Waals surface area contributed by atoms with Crippen LogP contribution in [0.25, 0.3) is 0 Å². The van der Waals surface area contributed by atoms with Crippen LogP contribution >= 0.6 is 11.6 Å². The summed E-state index contributed by atoms with van der Waals surface area (Å²) in [6.45, 7) is 9.85. The summed E-state index contributed by atoms with van der Waals surface area (Å²) in [7, 11) is 0. The predicted molar refractivity (Wildman–Crippen MR) is 81.0 cm³/mol. The van der Waals surface area contributed by atoms with Crippen molar-refractivity contribution in [3.05, 3.63) is 28.8 Å². The van der Waals surface area contributed by atoms with Crippen LogP contribution < -0.4 is 10.2 Å². The van der Waals surface area contributed by atoms with Crippen molar-refractivity contribution in [2.24, 2.45) is 5.92 Å². The summed E-state index contributed by atoms with van der Waals surface area (Å²) in [5, 5.41) is 4.30. The molecule has 0 aliphatic carbocycles. The summed E-state index contributed by atoms with van der Waals surface area (Å²) in [5.74, 6) is 0.658. The zero-order valence-electron chi connectivity index (χ0n) is 11.8. The quantitative estimate of drug-likeness (QED) is 0.899. The number of ether oxygens (including phenoxy) is 1. The minimum Gasteiger partial charge on any atom is -0.378 e. The average molecular weight is 283 g/mol. The Morgan fingerprint density at radius 1 is 1.32 bits per heavy atom. The van der Waals surface area contributed by atoms with Gasteiger partial charge in [-0.3, -0.25) is 0 Å². The highest BCUT2D eigenvalue weighted by Crippen LogP contribution is 2.25. The number of nitrogens with zero attached hydrogens (tertiary/aromatic N) is 1. The van der Waals surface area contributed by atoms with E-state index in [0.29, 0.717) is 5.92 Å². The van der Waals surface area contributed by atoms with Crippen LogP contribution in [0.2, 0.25) is 5.02 Å². The minimum atomic E-state index is 0.658. The summed E-state index contributed by atoms with van der Waals surface area (Å²) < 4.78 is 5.41. The van der Waals surface area contributed by atoms with Crippen LogP contribution in [0.4, 0.5) is 5.69 Å². The van der Waals surface area contributed by atoms with Crippen LogP contribution in [0, 0.1) is 5.92 Å². The molecule has 1 aromatic carbocycles. The smallest absolute Gasteiger partial charge is 0.0642 e. The minimum absolute atomic E-state index is 0.658. The molecule has 4 heteroatoms. The first-order valence-electron chi connectivity index (χ1n) is 6.98. The number of hydrogen-bond acceptors (Lipinski definition) is 3. The molecule has 1 saturated heterocycles. The van der Waals surface area contributed by atoms with Crippen LogP contribution in [0.5, 0.6) is 0 Å². The molecule has 0 unspecified atom stereocenters. The van der Waals surface area contributed by atoms with E-state index in [2.05, 4.69) is 36.2 Å². The van der Waals surface area contributed by atoms with Gasteiger partial charge in [-0.15, -0.1) is 0 Å². The van der Waals surface area contributed by atoms with Gasteiger partial charge in [0, 0.05) is 30.3 Å². The van der Waals surface area contributed by atoms with E-state index in [4.69, 9.17) is 16.3 Å². The second-order valence-electron chi connectivity index (χ2n) is 5.40. The van der Waals surface area contributed by atoms with Crippen LogP contribution in [0.3, 0.4) is 0 Å². The Morgan fingerprint density at radius 3 is 2.74 bits per heavy atom. The van der Waals surface area contributed by atoms with Crippen molar-refractivity contribution < 1.29 is 4.74 Å². The van der Waals surface area contributed by atoms with E-state index < -0.39 is 0 Å². The standard InChI is InChI=1S/C15H23ClN2O/c1-12(2)10-17-11-13-9-14(16)3-4-15(13)18-5-7-19-8-6-18/h3-4,9,12,17H,5-8,10-11H2,1-2H3. The number of halogens is 1. The molecule has 1 N–H and O–H groups in total. The molecule has 1 aliphatic heterocycles. The van der Waals surface area contributed by atoms with Crippen molar-refractivity contribution in [3.63, 3.8) is 0 Å². The van der Waals surface area contributed by atoms with Crippen LogP contribution in [-0.4, -0.2) is 32.8 Å². The van der Waals surface area contributed by atoms with E-state index in [0.717, 1.165) is 44.4 Å². The number of anilines is 1. The molecule has 0 amide bonds. The summed E-state index contributed by atoms with van der Waals surface area (Å²) in [4.78, 5) is 2.38. The lowest BCUT2D eigenvalue weighted by atomic mass is 10.1. The fourth-order valence-electron chi connectivity index (χ4n) is 2.30. The molecule has 0 aromatic heterocycles. The third kappa shape index (κ3) is 4.37. The topological polar surface area (TPSA) is 24.5 Å². The zero-order chi connectivity index (χ0) is 13.7. The highest BCUT2D eigenvalue weighted by Gasteiger charge is 2.14. The maximum Gasteiger partial charge on any atom is 0.0642 e. The Labute approximate surface area is 120 Å². The Kier molecular flexibility index (Phi) is 5.49. The molecule has 1 fully saturated rings. The molecule has 1 aliphatic rings. The highest BCUT2D eigenvalue weighted by molar-refractivity contribution is 6.30. The van der Waals surface area contributed by atoms with Crippen LogP contribution in [-0.2, 0) is 11.3 Å². The Balaban J connectivity index is 2.08. The fraction of sp³-hybridized carbons (Fsp3) is 0.600. The van der Waals surface area contributed by atoms with Crippen LogP contribution in [0.15, 0.2) is 18.2 Å². The van der Waals surface area contributed by atoms with Crippen molar-refractivity contribution in [1.29, 1.82) is 0 Å². The van der Waals surface area contributed by atoms with Gasteiger partial charge in [0.25, 0.3) is 0 Å². The van der Waals surface area contributed by atoms with Gasteiger partial charge in [0.05, 0.1) is 13.2 Å². The SMILES string of the molecule is CC(C)CNCc1cc(Cl)ccc1N1CCOCC1. The Morgan fingerprint density at radius 2 is 2.05 bits per heavy atom. The second kappa shape index (κ2) is 7.13.